The number of piperidine rings is 1. The second kappa shape index (κ2) is 12.3. The van der Waals surface area contributed by atoms with Gasteiger partial charge in [-0.2, -0.15) is 0 Å². The molecule has 2 aromatic carbocycles. The summed E-state index contributed by atoms with van der Waals surface area (Å²) in [6.07, 6.45) is 5.67. The Labute approximate surface area is 211 Å². The Morgan fingerprint density at radius 2 is 2.08 bits per heavy atom. The van der Waals surface area contributed by atoms with Crippen molar-refractivity contribution in [1.29, 1.82) is 0 Å². The Bertz CT molecular complexity index is 1170. The molecule has 2 N–H and O–H groups in total. The molecule has 192 valence electrons. The zero-order chi connectivity index (χ0) is 25.5. The summed E-state index contributed by atoms with van der Waals surface area (Å²) in [4.78, 5) is 18.7. The summed E-state index contributed by atoms with van der Waals surface area (Å²) in [6.45, 7) is 2.24. The van der Waals surface area contributed by atoms with Crippen molar-refractivity contribution in [2.24, 2.45) is 11.8 Å². The van der Waals surface area contributed by atoms with E-state index in [-0.39, 0.29) is 11.7 Å². The Hall–Kier alpha value is -3.03. The number of ether oxygens (including phenoxy) is 1. The molecule has 4 rings (SSSR count). The van der Waals surface area contributed by atoms with Crippen LogP contribution in [0.1, 0.15) is 49.3 Å². The second-order valence-corrected chi connectivity index (χ2v) is 9.76. The fourth-order valence-electron chi connectivity index (χ4n) is 5.35. The van der Waals surface area contributed by atoms with Crippen molar-refractivity contribution in [3.8, 4) is 5.75 Å². The first-order chi connectivity index (χ1) is 17.4. The lowest BCUT2D eigenvalue weighted by Gasteiger charge is -2.37. The monoisotopic (exact) mass is 494 g/mol. The number of fused-ring (bicyclic) bond motifs is 1. The lowest BCUT2D eigenvalue weighted by molar-refractivity contribution is -0.146. The van der Waals surface area contributed by atoms with Gasteiger partial charge in [-0.15, -0.1) is 0 Å². The van der Waals surface area contributed by atoms with E-state index in [2.05, 4.69) is 9.88 Å². The minimum absolute atomic E-state index is 0.0309. The number of aromatic nitrogens is 1. The molecule has 6 nitrogen and oxygen atoms in total. The molecule has 0 amide bonds. The SMILES string of the molecule is COc1ccc2nccc([C@@H](O)CC[C@@H]3CCN(CCCCc4cccc(F)c4)C[C@@H]3C(=O)O)c2c1. The van der Waals surface area contributed by atoms with E-state index >= 15 is 0 Å². The normalized spacial score (nSPS) is 19.3. The van der Waals surface area contributed by atoms with Crippen molar-refractivity contribution < 1.29 is 24.1 Å². The van der Waals surface area contributed by atoms with E-state index in [0.29, 0.717) is 25.1 Å². The fourth-order valence-corrected chi connectivity index (χ4v) is 5.35. The van der Waals surface area contributed by atoms with Crippen molar-refractivity contribution in [3.63, 3.8) is 0 Å². The number of aliphatic hydroxyl groups is 1. The van der Waals surface area contributed by atoms with Crippen LogP contribution in [0, 0.1) is 17.7 Å². The average molecular weight is 495 g/mol. The predicted molar refractivity (Wildman–Crippen MR) is 137 cm³/mol. The number of aryl methyl sites for hydroxylation is 1. The summed E-state index contributed by atoms with van der Waals surface area (Å²) in [6, 6.07) is 14.1. The van der Waals surface area contributed by atoms with E-state index in [1.807, 2.05) is 30.3 Å². The van der Waals surface area contributed by atoms with Crippen molar-refractivity contribution in [3.05, 3.63) is 71.7 Å². The number of aliphatic carboxylic acids is 1. The minimum atomic E-state index is -0.766. The highest BCUT2D eigenvalue weighted by Crippen LogP contribution is 2.33. The van der Waals surface area contributed by atoms with Crippen molar-refractivity contribution in [2.45, 2.75) is 44.6 Å². The molecule has 1 aliphatic rings. The van der Waals surface area contributed by atoms with Gasteiger partial charge in [-0.05, 0) is 105 Å². The third kappa shape index (κ3) is 6.59. The van der Waals surface area contributed by atoms with Crippen LogP contribution in [0.5, 0.6) is 5.75 Å². The number of unbranched alkanes of at least 4 members (excludes halogenated alkanes) is 1. The maximum absolute atomic E-state index is 13.3. The third-order valence-corrected chi connectivity index (χ3v) is 7.39. The minimum Gasteiger partial charge on any atom is -0.497 e. The van der Waals surface area contributed by atoms with Crippen molar-refractivity contribution in [2.75, 3.05) is 26.7 Å². The molecule has 0 spiro atoms. The molecule has 3 aromatic rings. The van der Waals surface area contributed by atoms with Crippen LogP contribution >= 0.6 is 0 Å². The summed E-state index contributed by atoms with van der Waals surface area (Å²) in [5, 5.41) is 21.8. The zero-order valence-corrected chi connectivity index (χ0v) is 20.8. The Morgan fingerprint density at radius 3 is 2.86 bits per heavy atom. The molecule has 0 unspecified atom stereocenters. The van der Waals surface area contributed by atoms with Gasteiger partial charge in [0.15, 0.2) is 0 Å². The van der Waals surface area contributed by atoms with Gasteiger partial charge < -0.3 is 19.8 Å². The first-order valence-electron chi connectivity index (χ1n) is 12.7. The van der Waals surface area contributed by atoms with E-state index in [4.69, 9.17) is 4.74 Å². The smallest absolute Gasteiger partial charge is 0.308 e. The molecular formula is C29H35FN2O4. The summed E-state index contributed by atoms with van der Waals surface area (Å²) in [5.74, 6) is -0.677. The van der Waals surface area contributed by atoms with Gasteiger partial charge in [0.1, 0.15) is 11.6 Å². The Balaban J connectivity index is 1.29. The molecule has 1 saturated heterocycles. The van der Waals surface area contributed by atoms with Crippen LogP contribution in [0.15, 0.2) is 54.7 Å². The number of rotatable bonds is 11. The molecule has 2 heterocycles. The number of carbonyl (C=O) groups is 1. The number of hydrogen-bond donors (Lipinski definition) is 2. The first-order valence-corrected chi connectivity index (χ1v) is 12.7. The van der Waals surface area contributed by atoms with Gasteiger partial charge in [-0.25, -0.2) is 4.39 Å². The fraction of sp³-hybridized carbons (Fsp3) is 0.448. The number of halogens is 1. The van der Waals surface area contributed by atoms with E-state index < -0.39 is 18.0 Å². The summed E-state index contributed by atoms with van der Waals surface area (Å²) >= 11 is 0. The standard InChI is InChI=1S/C29H35FN2O4/c1-36-23-9-10-27-25(18-23)24(12-14-31-27)28(33)11-8-21-13-16-32(19-26(21)29(34)35)15-3-2-5-20-6-4-7-22(30)17-20/h4,6-7,9-10,12,14,17-18,21,26,28,33H,2-3,5,8,11,13,15-16,19H2,1H3,(H,34,35)/t21-,26+,28+/m1/s1. The predicted octanol–water partition coefficient (Wildman–Crippen LogP) is 5.24. The Kier molecular flexibility index (Phi) is 8.88. The average Bonchev–Trinajstić information content (AvgIpc) is 2.89. The van der Waals surface area contributed by atoms with Crippen LogP contribution in [-0.2, 0) is 11.2 Å². The van der Waals surface area contributed by atoms with E-state index in [1.165, 1.54) is 6.07 Å². The number of hydrogen-bond acceptors (Lipinski definition) is 5. The Morgan fingerprint density at radius 1 is 1.22 bits per heavy atom. The number of aliphatic hydroxyl groups excluding tert-OH is 1. The summed E-state index contributed by atoms with van der Waals surface area (Å²) in [5.41, 5.74) is 2.58. The van der Waals surface area contributed by atoms with E-state index in [0.717, 1.165) is 60.8 Å². The molecule has 36 heavy (non-hydrogen) atoms. The number of benzene rings is 2. The van der Waals surface area contributed by atoms with Crippen LogP contribution in [0.25, 0.3) is 10.9 Å². The third-order valence-electron chi connectivity index (χ3n) is 7.39. The van der Waals surface area contributed by atoms with Crippen LogP contribution < -0.4 is 4.74 Å². The lowest BCUT2D eigenvalue weighted by Crippen LogP contribution is -2.44. The number of nitrogens with zero attached hydrogens (tertiary/aromatic N) is 2. The number of likely N-dealkylation sites (tertiary alicyclic amines) is 1. The van der Waals surface area contributed by atoms with Gasteiger partial charge in [-0.1, -0.05) is 12.1 Å². The molecule has 3 atom stereocenters. The van der Waals surface area contributed by atoms with Crippen molar-refractivity contribution in [1.82, 2.24) is 9.88 Å². The second-order valence-electron chi connectivity index (χ2n) is 9.76. The van der Waals surface area contributed by atoms with Gasteiger partial charge in [-0.3, -0.25) is 9.78 Å². The first kappa shape index (κ1) is 26.0. The molecule has 0 bridgehead atoms. The molecule has 1 aromatic heterocycles. The highest BCUT2D eigenvalue weighted by Gasteiger charge is 2.34. The van der Waals surface area contributed by atoms with Gasteiger partial charge in [0.05, 0.1) is 24.6 Å². The van der Waals surface area contributed by atoms with Crippen LogP contribution in [0.2, 0.25) is 0 Å². The van der Waals surface area contributed by atoms with E-state index in [1.54, 1.807) is 25.4 Å². The topological polar surface area (TPSA) is 82.9 Å². The number of carboxylic acids is 1. The molecule has 0 radical (unpaired) electrons. The number of methoxy groups -OCH3 is 1. The van der Waals surface area contributed by atoms with Gasteiger partial charge in [0, 0.05) is 18.1 Å². The highest BCUT2D eigenvalue weighted by atomic mass is 19.1. The quantitative estimate of drug-likeness (QED) is 0.355. The van der Waals surface area contributed by atoms with Gasteiger partial charge >= 0.3 is 5.97 Å². The lowest BCUT2D eigenvalue weighted by atomic mass is 9.81. The number of carboxylic acid groups (broad SMARTS) is 1. The largest absolute Gasteiger partial charge is 0.497 e. The molecule has 0 aliphatic carbocycles. The summed E-state index contributed by atoms with van der Waals surface area (Å²) < 4.78 is 18.7. The number of pyridine rings is 1. The molecular weight excluding hydrogens is 459 g/mol. The van der Waals surface area contributed by atoms with Crippen LogP contribution in [-0.4, -0.2) is 52.8 Å². The maximum atomic E-state index is 13.3. The van der Waals surface area contributed by atoms with Crippen molar-refractivity contribution >= 4 is 16.9 Å². The highest BCUT2D eigenvalue weighted by molar-refractivity contribution is 5.83. The van der Waals surface area contributed by atoms with Crippen LogP contribution in [0.3, 0.4) is 0 Å². The van der Waals surface area contributed by atoms with Gasteiger partial charge in [0.25, 0.3) is 0 Å². The zero-order valence-electron chi connectivity index (χ0n) is 20.8. The maximum Gasteiger partial charge on any atom is 0.308 e. The van der Waals surface area contributed by atoms with E-state index in [9.17, 15) is 19.4 Å². The molecule has 1 fully saturated rings. The van der Waals surface area contributed by atoms with Crippen LogP contribution in [0.4, 0.5) is 4.39 Å². The summed E-state index contributed by atoms with van der Waals surface area (Å²) in [7, 11) is 1.61. The van der Waals surface area contributed by atoms with Gasteiger partial charge in [0.2, 0.25) is 0 Å². The molecule has 7 heteroatoms. The molecule has 1 aliphatic heterocycles. The molecule has 0 saturated carbocycles.